The van der Waals surface area contributed by atoms with E-state index >= 15 is 0 Å². The van der Waals surface area contributed by atoms with Crippen molar-refractivity contribution < 1.29 is 4.79 Å². The molecule has 2 rings (SSSR count). The van der Waals surface area contributed by atoms with E-state index < -0.39 is 0 Å². The van der Waals surface area contributed by atoms with E-state index in [-0.39, 0.29) is 29.9 Å². The van der Waals surface area contributed by atoms with Crippen LogP contribution in [0.4, 0.5) is 0 Å². The minimum Gasteiger partial charge on any atom is -0.357 e. The fraction of sp³-hybridized carbons (Fsp3) is 0.500. The van der Waals surface area contributed by atoms with E-state index in [1.54, 1.807) is 24.3 Å². The highest BCUT2D eigenvalue weighted by Crippen LogP contribution is 2.28. The molecule has 1 amide bonds. The average molecular weight is 451 g/mol. The van der Waals surface area contributed by atoms with Gasteiger partial charge in [-0.3, -0.25) is 9.79 Å². The molecule has 1 fully saturated rings. The van der Waals surface area contributed by atoms with Gasteiger partial charge in [0.05, 0.1) is 17.1 Å². The Hall–Kier alpha value is -1.02. The van der Waals surface area contributed by atoms with Crippen LogP contribution in [0.1, 0.15) is 30.6 Å². The van der Waals surface area contributed by atoms with Crippen LogP contribution in [0.5, 0.6) is 0 Å². The Morgan fingerprint density at radius 3 is 2.65 bits per heavy atom. The molecule has 1 aliphatic rings. The largest absolute Gasteiger partial charge is 0.357 e. The number of nitrogens with one attached hydrogen (secondary N) is 3. The summed E-state index contributed by atoms with van der Waals surface area (Å²) in [5.74, 6) is 1.35. The van der Waals surface area contributed by atoms with Gasteiger partial charge in [0.1, 0.15) is 0 Å². The van der Waals surface area contributed by atoms with Gasteiger partial charge in [-0.15, -0.1) is 24.0 Å². The summed E-state index contributed by atoms with van der Waals surface area (Å²) in [5.41, 5.74) is 0.491. The second-order valence-corrected chi connectivity index (χ2v) is 5.87. The molecule has 0 heterocycles. The molecule has 3 N–H and O–H groups in total. The smallest absolute Gasteiger partial charge is 0.252 e. The van der Waals surface area contributed by atoms with Gasteiger partial charge in [-0.2, -0.15) is 0 Å². The third kappa shape index (κ3) is 6.55. The number of aliphatic imine (C=N–C) groups is 1. The topological polar surface area (TPSA) is 65.5 Å². The highest BCUT2D eigenvalue weighted by Gasteiger charge is 2.33. The zero-order chi connectivity index (χ0) is 15.9. The Morgan fingerprint density at radius 2 is 2.04 bits per heavy atom. The minimum absolute atomic E-state index is 0. The summed E-state index contributed by atoms with van der Waals surface area (Å²) in [6.45, 7) is 6.06. The SMILES string of the molecule is CCNC(=NCCNC(=O)c1ccccc1Cl)NC1CC1C.I. The number of nitrogens with zero attached hydrogens (tertiary/aromatic N) is 1. The average Bonchev–Trinajstić information content (AvgIpc) is 3.19. The lowest BCUT2D eigenvalue weighted by atomic mass is 10.2. The summed E-state index contributed by atoms with van der Waals surface area (Å²) >= 11 is 5.99. The van der Waals surface area contributed by atoms with Gasteiger partial charge in [-0.05, 0) is 31.4 Å². The first kappa shape index (κ1) is 20.0. The zero-order valence-corrected chi connectivity index (χ0v) is 16.5. The van der Waals surface area contributed by atoms with Crippen LogP contribution in [0.15, 0.2) is 29.3 Å². The lowest BCUT2D eigenvalue weighted by Crippen LogP contribution is -2.39. The quantitative estimate of drug-likeness (QED) is 0.270. The van der Waals surface area contributed by atoms with E-state index in [0.717, 1.165) is 12.5 Å². The van der Waals surface area contributed by atoms with Crippen molar-refractivity contribution in [1.82, 2.24) is 16.0 Å². The maximum atomic E-state index is 12.0. The number of carbonyl (C=O) groups is 1. The number of hydrogen-bond acceptors (Lipinski definition) is 2. The second-order valence-electron chi connectivity index (χ2n) is 5.46. The van der Waals surface area contributed by atoms with Gasteiger partial charge >= 0.3 is 0 Å². The first-order valence-electron chi connectivity index (χ1n) is 7.69. The predicted molar refractivity (Wildman–Crippen MR) is 106 cm³/mol. The van der Waals surface area contributed by atoms with Crippen molar-refractivity contribution in [2.24, 2.45) is 10.9 Å². The second kappa shape index (κ2) is 9.97. The number of carbonyl (C=O) groups excluding carboxylic acids is 1. The first-order chi connectivity index (χ1) is 10.6. The van der Waals surface area contributed by atoms with Gasteiger partial charge in [0.25, 0.3) is 5.91 Å². The van der Waals surface area contributed by atoms with Crippen molar-refractivity contribution in [2.45, 2.75) is 26.3 Å². The van der Waals surface area contributed by atoms with Gasteiger partial charge in [0.15, 0.2) is 5.96 Å². The zero-order valence-electron chi connectivity index (χ0n) is 13.4. The van der Waals surface area contributed by atoms with E-state index in [1.807, 2.05) is 6.92 Å². The number of rotatable bonds is 6. The molecule has 0 aromatic heterocycles. The van der Waals surface area contributed by atoms with Crippen LogP contribution in [-0.4, -0.2) is 37.5 Å². The fourth-order valence-electron chi connectivity index (χ4n) is 2.10. The molecule has 1 aromatic rings. The van der Waals surface area contributed by atoms with E-state index in [1.165, 1.54) is 6.42 Å². The Labute approximate surface area is 159 Å². The molecule has 0 saturated heterocycles. The number of halogens is 2. The summed E-state index contributed by atoms with van der Waals surface area (Å²) in [7, 11) is 0. The molecule has 7 heteroatoms. The molecular weight excluding hydrogens is 427 g/mol. The van der Waals surface area contributed by atoms with Gasteiger partial charge in [-0.25, -0.2) is 0 Å². The van der Waals surface area contributed by atoms with Crippen molar-refractivity contribution in [3.63, 3.8) is 0 Å². The highest BCUT2D eigenvalue weighted by atomic mass is 127. The van der Waals surface area contributed by atoms with Gasteiger partial charge < -0.3 is 16.0 Å². The monoisotopic (exact) mass is 450 g/mol. The van der Waals surface area contributed by atoms with Gasteiger partial charge in [0, 0.05) is 19.1 Å². The van der Waals surface area contributed by atoms with Crippen molar-refractivity contribution in [1.29, 1.82) is 0 Å². The third-order valence-electron chi connectivity index (χ3n) is 3.56. The van der Waals surface area contributed by atoms with Crippen LogP contribution in [0.3, 0.4) is 0 Å². The molecule has 128 valence electrons. The molecule has 1 aliphatic carbocycles. The van der Waals surface area contributed by atoms with Crippen LogP contribution in [0.25, 0.3) is 0 Å². The normalized spacial score (nSPS) is 19.5. The maximum absolute atomic E-state index is 12.0. The first-order valence-corrected chi connectivity index (χ1v) is 8.07. The number of benzene rings is 1. The molecule has 1 aromatic carbocycles. The van der Waals surface area contributed by atoms with E-state index in [0.29, 0.717) is 35.6 Å². The minimum atomic E-state index is -0.172. The van der Waals surface area contributed by atoms with E-state index in [2.05, 4.69) is 27.9 Å². The van der Waals surface area contributed by atoms with Crippen molar-refractivity contribution in [3.8, 4) is 0 Å². The Morgan fingerprint density at radius 1 is 1.35 bits per heavy atom. The number of guanidine groups is 1. The molecular formula is C16H24ClIN4O. The number of hydrogen-bond donors (Lipinski definition) is 3. The fourth-order valence-corrected chi connectivity index (χ4v) is 2.32. The van der Waals surface area contributed by atoms with Crippen LogP contribution in [0.2, 0.25) is 5.02 Å². The van der Waals surface area contributed by atoms with Crippen molar-refractivity contribution in [3.05, 3.63) is 34.9 Å². The summed E-state index contributed by atoms with van der Waals surface area (Å²) in [4.78, 5) is 16.5. The molecule has 2 unspecified atom stereocenters. The Kier molecular flexibility index (Phi) is 8.68. The molecule has 0 radical (unpaired) electrons. The Bertz CT molecular complexity index is 553. The molecule has 0 spiro atoms. The summed E-state index contributed by atoms with van der Waals surface area (Å²) in [6, 6.07) is 7.54. The van der Waals surface area contributed by atoms with Crippen molar-refractivity contribution >= 4 is 47.4 Å². The standard InChI is InChI=1S/C16H23ClN4O.HI/c1-3-18-16(21-14-10-11(14)2)20-9-8-19-15(22)12-6-4-5-7-13(12)17;/h4-7,11,14H,3,8-10H2,1-2H3,(H,19,22)(H2,18,20,21);1H. The van der Waals surface area contributed by atoms with Crippen molar-refractivity contribution in [2.75, 3.05) is 19.6 Å². The van der Waals surface area contributed by atoms with Gasteiger partial charge in [0.2, 0.25) is 0 Å². The van der Waals surface area contributed by atoms with Crippen LogP contribution >= 0.6 is 35.6 Å². The highest BCUT2D eigenvalue weighted by molar-refractivity contribution is 14.0. The summed E-state index contributed by atoms with van der Waals surface area (Å²) in [6.07, 6.45) is 1.19. The maximum Gasteiger partial charge on any atom is 0.252 e. The molecule has 2 atom stereocenters. The molecule has 5 nitrogen and oxygen atoms in total. The molecule has 1 saturated carbocycles. The summed E-state index contributed by atoms with van der Waals surface area (Å²) in [5, 5.41) is 9.87. The Balaban J connectivity index is 0.00000264. The number of amides is 1. The predicted octanol–water partition coefficient (Wildman–Crippen LogP) is 2.65. The van der Waals surface area contributed by atoms with E-state index in [4.69, 9.17) is 11.6 Å². The summed E-state index contributed by atoms with van der Waals surface area (Å²) < 4.78 is 0. The van der Waals surface area contributed by atoms with Crippen LogP contribution in [0, 0.1) is 5.92 Å². The molecule has 0 bridgehead atoms. The van der Waals surface area contributed by atoms with Crippen LogP contribution < -0.4 is 16.0 Å². The third-order valence-corrected chi connectivity index (χ3v) is 3.89. The molecule has 23 heavy (non-hydrogen) atoms. The lowest BCUT2D eigenvalue weighted by Gasteiger charge is -2.11. The molecule has 0 aliphatic heterocycles. The van der Waals surface area contributed by atoms with Crippen LogP contribution in [-0.2, 0) is 0 Å². The van der Waals surface area contributed by atoms with E-state index in [9.17, 15) is 4.79 Å². The van der Waals surface area contributed by atoms with Gasteiger partial charge in [-0.1, -0.05) is 30.7 Å². The lowest BCUT2D eigenvalue weighted by molar-refractivity contribution is 0.0955.